The molecule has 0 saturated carbocycles. The van der Waals surface area contributed by atoms with Crippen LogP contribution >= 0.6 is 0 Å². The minimum absolute atomic E-state index is 0.00322. The number of hydrogen-bond acceptors (Lipinski definition) is 7. The van der Waals surface area contributed by atoms with Crippen LogP contribution in [-0.4, -0.2) is 77.9 Å². The van der Waals surface area contributed by atoms with Crippen molar-refractivity contribution < 1.29 is 29.0 Å². The van der Waals surface area contributed by atoms with Gasteiger partial charge in [0.05, 0.1) is 6.61 Å². The summed E-state index contributed by atoms with van der Waals surface area (Å²) in [5.41, 5.74) is 0. The number of aliphatic hydroxyl groups excluding tert-OH is 1. The number of ether oxygens (including phenoxy) is 2. The number of unbranched alkanes of at least 4 members (excludes halogenated alkanes) is 24. The molecular formula is C49H94N2O6. The highest BCUT2D eigenvalue weighted by atomic mass is 16.5. The van der Waals surface area contributed by atoms with E-state index < -0.39 is 6.23 Å². The first-order chi connectivity index (χ1) is 27.9. The summed E-state index contributed by atoms with van der Waals surface area (Å²) < 4.78 is 11.5. The van der Waals surface area contributed by atoms with E-state index in [1.54, 1.807) is 4.90 Å². The smallest absolute Gasteiger partial charge is 0.306 e. The van der Waals surface area contributed by atoms with Crippen molar-refractivity contribution in [2.75, 3.05) is 32.8 Å². The van der Waals surface area contributed by atoms with E-state index in [0.717, 1.165) is 116 Å². The molecule has 57 heavy (non-hydrogen) atoms. The molecule has 1 N–H and O–H groups in total. The predicted molar refractivity (Wildman–Crippen MR) is 238 cm³/mol. The number of nitrogens with zero attached hydrogens (tertiary/aromatic N) is 2. The lowest BCUT2D eigenvalue weighted by Crippen LogP contribution is -2.36. The number of carbonyl (C=O) groups excluding carboxylic acids is 3. The molecule has 0 aromatic rings. The Labute approximate surface area is 352 Å². The summed E-state index contributed by atoms with van der Waals surface area (Å²) in [7, 11) is 0. The summed E-state index contributed by atoms with van der Waals surface area (Å²) in [5, 5.41) is 10.2. The molecule has 0 bridgehead atoms. The topological polar surface area (TPSA) is 96.4 Å². The van der Waals surface area contributed by atoms with E-state index in [-0.39, 0.29) is 23.9 Å². The van der Waals surface area contributed by atoms with Gasteiger partial charge in [-0.2, -0.15) is 0 Å². The van der Waals surface area contributed by atoms with E-state index >= 15 is 0 Å². The minimum atomic E-state index is -0.618. The van der Waals surface area contributed by atoms with Gasteiger partial charge < -0.3 is 24.4 Å². The molecule has 1 aliphatic rings. The molecule has 0 aromatic carbocycles. The van der Waals surface area contributed by atoms with Crippen molar-refractivity contribution in [3.63, 3.8) is 0 Å². The monoisotopic (exact) mass is 807 g/mol. The fourth-order valence-corrected chi connectivity index (χ4v) is 8.19. The lowest BCUT2D eigenvalue weighted by molar-refractivity contribution is -0.150. The Kier molecular flexibility index (Phi) is 37.2. The fraction of sp³-hybridized carbons (Fsp3) is 0.939. The molecule has 1 fully saturated rings. The van der Waals surface area contributed by atoms with Crippen LogP contribution in [0.5, 0.6) is 0 Å². The lowest BCUT2D eigenvalue weighted by atomic mass is 10.0. The minimum Gasteiger partial charge on any atom is -0.466 e. The molecule has 1 aliphatic heterocycles. The molecule has 1 unspecified atom stereocenters. The molecule has 0 aliphatic carbocycles. The summed E-state index contributed by atoms with van der Waals surface area (Å²) in [5.74, 6) is 0.0363. The summed E-state index contributed by atoms with van der Waals surface area (Å²) in [6.45, 7) is 11.0. The molecule has 0 aromatic heterocycles. The zero-order valence-electron chi connectivity index (χ0n) is 38.0. The van der Waals surface area contributed by atoms with Crippen LogP contribution in [0.3, 0.4) is 0 Å². The zero-order chi connectivity index (χ0) is 41.4. The summed E-state index contributed by atoms with van der Waals surface area (Å²) in [6, 6.07) is 0. The van der Waals surface area contributed by atoms with Gasteiger partial charge in [0.2, 0.25) is 5.91 Å². The Balaban J connectivity index is 2.30. The summed E-state index contributed by atoms with van der Waals surface area (Å²) in [4.78, 5) is 41.3. The number of aliphatic hydroxyl groups is 1. The number of rotatable bonds is 43. The maximum atomic E-state index is 12.8. The fourth-order valence-electron chi connectivity index (χ4n) is 8.19. The highest BCUT2D eigenvalue weighted by Gasteiger charge is 2.28. The van der Waals surface area contributed by atoms with Crippen molar-refractivity contribution in [3.05, 3.63) is 0 Å². The molecule has 0 radical (unpaired) electrons. The number of esters is 2. The van der Waals surface area contributed by atoms with Gasteiger partial charge in [0.25, 0.3) is 0 Å². The Morgan fingerprint density at radius 1 is 0.579 bits per heavy atom. The molecule has 1 atom stereocenters. The van der Waals surface area contributed by atoms with Crippen molar-refractivity contribution in [1.82, 2.24) is 9.80 Å². The first-order valence-corrected chi connectivity index (χ1v) is 25.0. The van der Waals surface area contributed by atoms with Gasteiger partial charge in [0, 0.05) is 32.2 Å². The number of carbonyl (C=O) groups is 3. The van der Waals surface area contributed by atoms with Crippen molar-refractivity contribution in [2.45, 2.75) is 264 Å². The van der Waals surface area contributed by atoms with E-state index in [0.29, 0.717) is 38.8 Å². The van der Waals surface area contributed by atoms with Crippen LogP contribution in [0.1, 0.15) is 252 Å². The molecule has 1 heterocycles. The zero-order valence-corrected chi connectivity index (χ0v) is 38.0. The lowest BCUT2D eigenvalue weighted by Gasteiger charge is -2.25. The quantitative estimate of drug-likeness (QED) is 0.0484. The van der Waals surface area contributed by atoms with Gasteiger partial charge in [0.15, 0.2) is 0 Å². The third-order valence-corrected chi connectivity index (χ3v) is 11.9. The molecular weight excluding hydrogens is 713 g/mol. The van der Waals surface area contributed by atoms with Crippen LogP contribution < -0.4 is 0 Å². The molecule has 336 valence electrons. The second-order valence-corrected chi connectivity index (χ2v) is 17.4. The van der Waals surface area contributed by atoms with Crippen LogP contribution in [0.2, 0.25) is 0 Å². The maximum Gasteiger partial charge on any atom is 0.306 e. The van der Waals surface area contributed by atoms with E-state index in [4.69, 9.17) is 9.47 Å². The summed E-state index contributed by atoms with van der Waals surface area (Å²) >= 11 is 0. The third kappa shape index (κ3) is 32.8. The molecule has 0 spiro atoms. The van der Waals surface area contributed by atoms with Gasteiger partial charge in [-0.05, 0) is 83.8 Å². The van der Waals surface area contributed by atoms with Crippen molar-refractivity contribution in [1.29, 1.82) is 0 Å². The average Bonchev–Trinajstić information content (AvgIpc) is 3.52. The number of amides is 1. The van der Waals surface area contributed by atoms with E-state index in [2.05, 4.69) is 25.7 Å². The number of hydrogen-bond donors (Lipinski definition) is 1. The van der Waals surface area contributed by atoms with Crippen molar-refractivity contribution in [2.24, 2.45) is 0 Å². The highest BCUT2D eigenvalue weighted by Crippen LogP contribution is 2.20. The Bertz CT molecular complexity index is 916. The standard InChI is InChI=1S/C49H94N2O6/c1-4-7-10-13-16-25-32-44-56-48(54)36-28-21-17-23-30-40-50(42-33-43-51-46(52)38-39-47(51)53)41-31-24-18-22-29-37-49(55)57-45(34-26-19-14-11-8-5-2)35-27-20-15-12-9-6-3/h45-46,52H,4-44H2,1-3H3. The molecule has 1 rings (SSSR count). The third-order valence-electron chi connectivity index (χ3n) is 11.9. The van der Waals surface area contributed by atoms with E-state index in [9.17, 15) is 19.5 Å². The second-order valence-electron chi connectivity index (χ2n) is 17.4. The van der Waals surface area contributed by atoms with Crippen LogP contribution in [-0.2, 0) is 23.9 Å². The van der Waals surface area contributed by atoms with Crippen LogP contribution in [0, 0.1) is 0 Å². The maximum absolute atomic E-state index is 12.8. The first-order valence-electron chi connectivity index (χ1n) is 25.0. The predicted octanol–water partition coefficient (Wildman–Crippen LogP) is 13.0. The van der Waals surface area contributed by atoms with Gasteiger partial charge >= 0.3 is 11.9 Å². The Morgan fingerprint density at radius 3 is 1.49 bits per heavy atom. The molecule has 1 saturated heterocycles. The van der Waals surface area contributed by atoms with Crippen LogP contribution in [0.4, 0.5) is 0 Å². The SMILES string of the molecule is CCCCCCCCCOC(=O)CCCCCCCN(CCCCCCCC(=O)OC(CCCCCCCC)CCCCCCCC)CCCN1C(=O)CCC1O. The first kappa shape index (κ1) is 53.3. The van der Waals surface area contributed by atoms with Gasteiger partial charge in [-0.25, -0.2) is 0 Å². The Morgan fingerprint density at radius 2 is 1.00 bits per heavy atom. The van der Waals surface area contributed by atoms with Crippen LogP contribution in [0.15, 0.2) is 0 Å². The van der Waals surface area contributed by atoms with Crippen molar-refractivity contribution >= 4 is 17.8 Å². The van der Waals surface area contributed by atoms with Crippen LogP contribution in [0.25, 0.3) is 0 Å². The summed E-state index contributed by atoms with van der Waals surface area (Å²) in [6.07, 6.45) is 39.2. The normalized spacial score (nSPS) is 14.4. The molecule has 8 heteroatoms. The van der Waals surface area contributed by atoms with Crippen molar-refractivity contribution in [3.8, 4) is 0 Å². The van der Waals surface area contributed by atoms with E-state index in [1.165, 1.54) is 109 Å². The Hall–Kier alpha value is -1.67. The van der Waals surface area contributed by atoms with Gasteiger partial charge in [0.1, 0.15) is 12.3 Å². The molecule has 1 amide bonds. The second kappa shape index (κ2) is 39.8. The number of likely N-dealkylation sites (tertiary alicyclic amines) is 1. The highest BCUT2D eigenvalue weighted by molar-refractivity contribution is 5.78. The van der Waals surface area contributed by atoms with Gasteiger partial charge in [-0.1, -0.05) is 162 Å². The van der Waals surface area contributed by atoms with Gasteiger partial charge in [-0.15, -0.1) is 0 Å². The van der Waals surface area contributed by atoms with Gasteiger partial charge in [-0.3, -0.25) is 14.4 Å². The average molecular weight is 807 g/mol. The van der Waals surface area contributed by atoms with E-state index in [1.807, 2.05) is 0 Å². The molecule has 8 nitrogen and oxygen atoms in total. The largest absolute Gasteiger partial charge is 0.466 e.